The number of hydrogen-bond acceptors (Lipinski definition) is 2. The van der Waals surface area contributed by atoms with Crippen LogP contribution in [0.5, 0.6) is 0 Å². The third kappa shape index (κ3) is 2.94. The second-order valence-electron chi connectivity index (χ2n) is 5.53. The van der Waals surface area contributed by atoms with E-state index in [0.717, 1.165) is 6.42 Å². The molecule has 2 unspecified atom stereocenters. The first-order valence-corrected chi connectivity index (χ1v) is 6.39. The fourth-order valence-electron chi connectivity index (χ4n) is 3.10. The topological polar surface area (TPSA) is 35.2 Å². The van der Waals surface area contributed by atoms with Crippen molar-refractivity contribution in [3.8, 4) is 0 Å². The van der Waals surface area contributed by atoms with E-state index in [1.165, 1.54) is 19.3 Å². The third-order valence-electron chi connectivity index (χ3n) is 3.66. The normalized spacial score (nSPS) is 32.6. The van der Waals surface area contributed by atoms with E-state index < -0.39 is 0 Å². The molecule has 0 aromatic heterocycles. The predicted molar refractivity (Wildman–Crippen MR) is 64.8 cm³/mol. The second kappa shape index (κ2) is 5.31. The molecule has 0 saturated heterocycles. The Morgan fingerprint density at radius 1 is 1.27 bits per heavy atom. The van der Waals surface area contributed by atoms with E-state index in [9.17, 15) is 0 Å². The maximum atomic E-state index is 6.18. The Kier molecular flexibility index (Phi) is 4.60. The predicted octanol–water partition coefficient (Wildman–Crippen LogP) is 2.96. The van der Waals surface area contributed by atoms with Gasteiger partial charge in [0, 0.05) is 6.54 Å². The van der Waals surface area contributed by atoms with Crippen LogP contribution in [0.15, 0.2) is 0 Å². The van der Waals surface area contributed by atoms with Crippen LogP contribution in [0.2, 0.25) is 0 Å². The van der Waals surface area contributed by atoms with Gasteiger partial charge in [-0.05, 0) is 38.5 Å². The summed E-state index contributed by atoms with van der Waals surface area (Å²) < 4.78 is 6.18. The Balaban J connectivity index is 2.80. The molecule has 0 aromatic carbocycles. The molecule has 0 bridgehead atoms. The van der Waals surface area contributed by atoms with Gasteiger partial charge < -0.3 is 10.5 Å². The fraction of sp³-hybridized carbons (Fsp3) is 1.00. The molecule has 0 spiro atoms. The molecule has 1 rings (SSSR count). The molecule has 2 heteroatoms. The zero-order chi connectivity index (χ0) is 11.5. The van der Waals surface area contributed by atoms with Gasteiger partial charge in [0.2, 0.25) is 0 Å². The molecular formula is C13H27NO. The van der Waals surface area contributed by atoms with Gasteiger partial charge in [-0.25, -0.2) is 0 Å². The molecule has 2 nitrogen and oxygen atoms in total. The minimum Gasteiger partial charge on any atom is -0.371 e. The van der Waals surface area contributed by atoms with E-state index in [1.807, 2.05) is 0 Å². The summed E-state index contributed by atoms with van der Waals surface area (Å²) in [6.45, 7) is 9.50. The average Bonchev–Trinajstić information content (AvgIpc) is 2.17. The molecule has 1 fully saturated rings. The Labute approximate surface area is 94.6 Å². The molecule has 1 saturated carbocycles. The van der Waals surface area contributed by atoms with Gasteiger partial charge in [-0.1, -0.05) is 26.7 Å². The quantitative estimate of drug-likeness (QED) is 0.779. The van der Waals surface area contributed by atoms with Crippen molar-refractivity contribution in [2.45, 2.75) is 65.1 Å². The molecule has 15 heavy (non-hydrogen) atoms. The maximum Gasteiger partial charge on any atom is 0.0837 e. The zero-order valence-corrected chi connectivity index (χ0v) is 10.8. The zero-order valence-electron chi connectivity index (χ0n) is 10.8. The summed E-state index contributed by atoms with van der Waals surface area (Å²) >= 11 is 0. The van der Waals surface area contributed by atoms with Gasteiger partial charge >= 0.3 is 0 Å². The molecule has 1 aliphatic carbocycles. The fourth-order valence-corrected chi connectivity index (χ4v) is 3.10. The van der Waals surface area contributed by atoms with Crippen LogP contribution < -0.4 is 5.73 Å². The van der Waals surface area contributed by atoms with Gasteiger partial charge in [-0.3, -0.25) is 0 Å². The summed E-state index contributed by atoms with van der Waals surface area (Å²) in [7, 11) is 0. The highest BCUT2D eigenvalue weighted by molar-refractivity contribution is 4.94. The minimum atomic E-state index is -0.0411. The van der Waals surface area contributed by atoms with E-state index in [1.54, 1.807) is 0 Å². The first-order valence-electron chi connectivity index (χ1n) is 6.39. The maximum absolute atomic E-state index is 6.18. The minimum absolute atomic E-state index is 0.0411. The summed E-state index contributed by atoms with van der Waals surface area (Å²) in [5.74, 6) is 1.31. The van der Waals surface area contributed by atoms with Crippen molar-refractivity contribution in [1.82, 2.24) is 0 Å². The van der Waals surface area contributed by atoms with E-state index in [4.69, 9.17) is 10.5 Å². The van der Waals surface area contributed by atoms with Crippen LogP contribution in [0.4, 0.5) is 0 Å². The highest BCUT2D eigenvalue weighted by atomic mass is 16.5. The van der Waals surface area contributed by atoms with Crippen molar-refractivity contribution in [3.05, 3.63) is 0 Å². The molecule has 90 valence electrons. The van der Waals surface area contributed by atoms with Crippen LogP contribution in [0.25, 0.3) is 0 Å². The summed E-state index contributed by atoms with van der Waals surface area (Å²) in [6, 6.07) is 0. The molecule has 0 radical (unpaired) electrons. The van der Waals surface area contributed by atoms with Crippen LogP contribution in [-0.4, -0.2) is 18.2 Å². The Morgan fingerprint density at radius 2 is 1.93 bits per heavy atom. The number of ether oxygens (including phenoxy) is 1. The van der Waals surface area contributed by atoms with Crippen molar-refractivity contribution in [2.75, 3.05) is 6.54 Å². The smallest absolute Gasteiger partial charge is 0.0837 e. The van der Waals surface area contributed by atoms with Crippen LogP contribution in [0.1, 0.15) is 53.4 Å². The van der Waals surface area contributed by atoms with Gasteiger partial charge in [-0.2, -0.15) is 0 Å². The molecule has 1 aliphatic rings. The molecule has 0 heterocycles. The molecule has 2 N–H and O–H groups in total. The molecule has 2 atom stereocenters. The third-order valence-corrected chi connectivity index (χ3v) is 3.66. The summed E-state index contributed by atoms with van der Waals surface area (Å²) in [4.78, 5) is 0. The average molecular weight is 213 g/mol. The van der Waals surface area contributed by atoms with E-state index >= 15 is 0 Å². The lowest BCUT2D eigenvalue weighted by Gasteiger charge is -2.46. The first kappa shape index (κ1) is 13.0. The number of rotatable bonds is 4. The summed E-state index contributed by atoms with van der Waals surface area (Å²) in [5.41, 5.74) is 5.95. The SMILES string of the molecule is CC(C)OC1(CN)CCCCC1C(C)C. The van der Waals surface area contributed by atoms with Crippen molar-refractivity contribution < 1.29 is 4.74 Å². The summed E-state index contributed by atoms with van der Waals surface area (Å²) in [5, 5.41) is 0. The van der Waals surface area contributed by atoms with Crippen molar-refractivity contribution in [1.29, 1.82) is 0 Å². The van der Waals surface area contributed by atoms with Gasteiger partial charge in [0.25, 0.3) is 0 Å². The number of hydrogen-bond donors (Lipinski definition) is 1. The van der Waals surface area contributed by atoms with Gasteiger partial charge in [0.1, 0.15) is 0 Å². The van der Waals surface area contributed by atoms with E-state index in [-0.39, 0.29) is 11.7 Å². The highest BCUT2D eigenvalue weighted by Gasteiger charge is 2.42. The second-order valence-corrected chi connectivity index (χ2v) is 5.53. The Morgan fingerprint density at radius 3 is 2.40 bits per heavy atom. The largest absolute Gasteiger partial charge is 0.371 e. The van der Waals surface area contributed by atoms with Crippen LogP contribution in [0, 0.1) is 11.8 Å². The van der Waals surface area contributed by atoms with E-state index in [0.29, 0.717) is 18.4 Å². The lowest BCUT2D eigenvalue weighted by atomic mass is 9.70. The first-order chi connectivity index (χ1) is 7.02. The van der Waals surface area contributed by atoms with Crippen molar-refractivity contribution >= 4 is 0 Å². The summed E-state index contributed by atoms with van der Waals surface area (Å²) in [6.07, 6.45) is 5.32. The lowest BCUT2D eigenvalue weighted by molar-refractivity contribution is -0.139. The Bertz CT molecular complexity index is 191. The van der Waals surface area contributed by atoms with E-state index in [2.05, 4.69) is 27.7 Å². The standard InChI is InChI=1S/C13H27NO/c1-10(2)12-7-5-6-8-13(12,9-14)15-11(3)4/h10-12H,5-9,14H2,1-4H3. The molecular weight excluding hydrogens is 186 g/mol. The van der Waals surface area contributed by atoms with Crippen molar-refractivity contribution in [2.24, 2.45) is 17.6 Å². The van der Waals surface area contributed by atoms with Crippen molar-refractivity contribution in [3.63, 3.8) is 0 Å². The van der Waals surface area contributed by atoms with Crippen LogP contribution in [0.3, 0.4) is 0 Å². The van der Waals surface area contributed by atoms with Gasteiger partial charge in [0.15, 0.2) is 0 Å². The molecule has 0 aliphatic heterocycles. The highest BCUT2D eigenvalue weighted by Crippen LogP contribution is 2.41. The molecule has 0 amide bonds. The molecule has 0 aromatic rings. The van der Waals surface area contributed by atoms with Crippen LogP contribution >= 0.6 is 0 Å². The van der Waals surface area contributed by atoms with Gasteiger partial charge in [-0.15, -0.1) is 0 Å². The number of nitrogens with two attached hydrogens (primary N) is 1. The van der Waals surface area contributed by atoms with Gasteiger partial charge in [0.05, 0.1) is 11.7 Å². The monoisotopic (exact) mass is 213 g/mol. The van der Waals surface area contributed by atoms with Crippen LogP contribution in [-0.2, 0) is 4.74 Å². The lowest BCUT2D eigenvalue weighted by Crippen LogP contribution is -2.52. The Hall–Kier alpha value is -0.0800.